The summed E-state index contributed by atoms with van der Waals surface area (Å²) >= 11 is 0. The van der Waals surface area contributed by atoms with Crippen LogP contribution in [0.1, 0.15) is 38.8 Å². The summed E-state index contributed by atoms with van der Waals surface area (Å²) in [6.45, 7) is 2.82. The van der Waals surface area contributed by atoms with Crippen LogP contribution in [-0.2, 0) is 31.9 Å². The van der Waals surface area contributed by atoms with E-state index < -0.39 is 24.1 Å². The molecule has 8 nitrogen and oxygen atoms in total. The van der Waals surface area contributed by atoms with Crippen LogP contribution in [0.15, 0.2) is 48.5 Å². The van der Waals surface area contributed by atoms with E-state index in [1.807, 2.05) is 31.2 Å². The SMILES string of the molecule is C[C@H]1CN(C(=O)C2Cc3ccccc3C(=O)O2)CCN1C(=O)C1Cc2ccccc2C(=O)O1. The number of rotatable bonds is 2. The highest BCUT2D eigenvalue weighted by atomic mass is 16.6. The molecule has 1 saturated heterocycles. The third-order valence-corrected chi connectivity index (χ3v) is 6.56. The number of nitrogens with zero attached hydrogens (tertiary/aromatic N) is 2. The smallest absolute Gasteiger partial charge is 0.339 e. The first-order valence-corrected chi connectivity index (χ1v) is 11.1. The van der Waals surface area contributed by atoms with Gasteiger partial charge in [0.1, 0.15) is 0 Å². The average Bonchev–Trinajstić information content (AvgIpc) is 2.83. The molecule has 2 amide bonds. The van der Waals surface area contributed by atoms with Crippen LogP contribution in [0.4, 0.5) is 0 Å². The van der Waals surface area contributed by atoms with Crippen LogP contribution in [0.3, 0.4) is 0 Å². The highest BCUT2D eigenvalue weighted by Crippen LogP contribution is 2.25. The molecule has 0 N–H and O–H groups in total. The fourth-order valence-corrected chi connectivity index (χ4v) is 4.81. The lowest BCUT2D eigenvalue weighted by Crippen LogP contribution is -2.60. The minimum Gasteiger partial charge on any atom is -0.448 e. The van der Waals surface area contributed by atoms with Gasteiger partial charge in [0.2, 0.25) is 0 Å². The monoisotopic (exact) mass is 448 g/mol. The van der Waals surface area contributed by atoms with Gasteiger partial charge >= 0.3 is 11.9 Å². The second kappa shape index (κ2) is 8.35. The molecule has 170 valence electrons. The van der Waals surface area contributed by atoms with Crippen LogP contribution in [0.25, 0.3) is 0 Å². The van der Waals surface area contributed by atoms with Gasteiger partial charge in [-0.25, -0.2) is 9.59 Å². The number of carbonyl (C=O) groups excluding carboxylic acids is 4. The predicted octanol–water partition coefficient (Wildman–Crippen LogP) is 1.61. The van der Waals surface area contributed by atoms with Crippen molar-refractivity contribution in [3.05, 3.63) is 70.8 Å². The molecular formula is C25H24N2O6. The second-order valence-corrected chi connectivity index (χ2v) is 8.68. The lowest BCUT2D eigenvalue weighted by atomic mass is 9.97. The van der Waals surface area contributed by atoms with Crippen molar-refractivity contribution in [1.29, 1.82) is 0 Å². The topological polar surface area (TPSA) is 93.2 Å². The van der Waals surface area contributed by atoms with Crippen molar-refractivity contribution in [2.24, 2.45) is 0 Å². The number of ether oxygens (including phenoxy) is 2. The first-order chi connectivity index (χ1) is 15.9. The summed E-state index contributed by atoms with van der Waals surface area (Å²) in [7, 11) is 0. The van der Waals surface area contributed by atoms with Crippen molar-refractivity contribution in [2.75, 3.05) is 19.6 Å². The Hall–Kier alpha value is -3.68. The van der Waals surface area contributed by atoms with Crippen LogP contribution < -0.4 is 0 Å². The average molecular weight is 448 g/mol. The maximum atomic E-state index is 13.2. The van der Waals surface area contributed by atoms with Crippen LogP contribution in [0.5, 0.6) is 0 Å². The molecule has 0 aromatic heterocycles. The number of carbonyl (C=O) groups is 4. The van der Waals surface area contributed by atoms with Crippen molar-refractivity contribution in [2.45, 2.75) is 38.0 Å². The Kier molecular flexibility index (Phi) is 5.36. The maximum absolute atomic E-state index is 13.2. The fraction of sp³-hybridized carbons (Fsp3) is 0.360. The molecule has 3 heterocycles. The molecule has 0 saturated carbocycles. The Labute approximate surface area is 191 Å². The molecule has 2 aromatic carbocycles. The van der Waals surface area contributed by atoms with Gasteiger partial charge in [0.15, 0.2) is 12.2 Å². The van der Waals surface area contributed by atoms with E-state index >= 15 is 0 Å². The molecule has 1 fully saturated rings. The van der Waals surface area contributed by atoms with Crippen LogP contribution >= 0.6 is 0 Å². The van der Waals surface area contributed by atoms with E-state index in [0.717, 1.165) is 11.1 Å². The Morgan fingerprint density at radius 2 is 1.30 bits per heavy atom. The lowest BCUT2D eigenvalue weighted by Gasteiger charge is -2.42. The van der Waals surface area contributed by atoms with Crippen LogP contribution in [0, 0.1) is 0 Å². The summed E-state index contributed by atoms with van der Waals surface area (Å²) in [4.78, 5) is 54.1. The standard InChI is InChI=1S/C25H24N2O6/c1-15-14-26(22(28)20-12-16-6-2-4-8-18(16)24(30)32-20)10-11-27(15)23(29)21-13-17-7-3-5-9-19(17)25(31)33-21/h2-9,15,20-21H,10-14H2,1H3/t15-,20?,21?/m0/s1. The van der Waals surface area contributed by atoms with E-state index in [1.54, 1.807) is 34.1 Å². The van der Waals surface area contributed by atoms with E-state index in [-0.39, 0.29) is 17.9 Å². The Bertz CT molecular complexity index is 1150. The van der Waals surface area contributed by atoms with Gasteiger partial charge in [0, 0.05) is 38.5 Å². The Morgan fingerprint density at radius 1 is 0.788 bits per heavy atom. The highest BCUT2D eigenvalue weighted by Gasteiger charge is 2.40. The minimum atomic E-state index is -0.868. The number of hydrogen-bond acceptors (Lipinski definition) is 6. The minimum absolute atomic E-state index is 0.254. The van der Waals surface area contributed by atoms with E-state index in [1.165, 1.54) is 0 Å². The van der Waals surface area contributed by atoms with Crippen molar-refractivity contribution < 1.29 is 28.7 Å². The molecule has 2 aromatic rings. The molecule has 3 atom stereocenters. The van der Waals surface area contributed by atoms with Gasteiger partial charge in [-0.3, -0.25) is 9.59 Å². The molecule has 0 aliphatic carbocycles. The maximum Gasteiger partial charge on any atom is 0.339 e. The van der Waals surface area contributed by atoms with Crippen molar-refractivity contribution in [3.8, 4) is 0 Å². The van der Waals surface area contributed by atoms with Gasteiger partial charge in [-0.05, 0) is 30.2 Å². The lowest BCUT2D eigenvalue weighted by molar-refractivity contribution is -0.152. The number of esters is 2. The Balaban J connectivity index is 1.23. The summed E-state index contributed by atoms with van der Waals surface area (Å²) < 4.78 is 10.8. The molecule has 0 spiro atoms. The first-order valence-electron chi connectivity index (χ1n) is 11.1. The summed E-state index contributed by atoms with van der Waals surface area (Å²) in [6, 6.07) is 14.0. The summed E-state index contributed by atoms with van der Waals surface area (Å²) in [6.07, 6.45) is -1.05. The molecule has 5 rings (SSSR count). The molecule has 0 radical (unpaired) electrons. The molecule has 2 unspecified atom stereocenters. The van der Waals surface area contributed by atoms with Crippen LogP contribution in [0.2, 0.25) is 0 Å². The molecule has 0 bridgehead atoms. The number of cyclic esters (lactones) is 2. The quantitative estimate of drug-likeness (QED) is 0.648. The highest BCUT2D eigenvalue weighted by molar-refractivity contribution is 5.97. The Morgan fingerprint density at radius 3 is 1.85 bits per heavy atom. The zero-order valence-electron chi connectivity index (χ0n) is 18.2. The first kappa shape index (κ1) is 21.2. The molecule has 3 aliphatic heterocycles. The third kappa shape index (κ3) is 3.86. The largest absolute Gasteiger partial charge is 0.448 e. The van der Waals surface area contributed by atoms with E-state index in [2.05, 4.69) is 0 Å². The van der Waals surface area contributed by atoms with Crippen LogP contribution in [-0.4, -0.2) is 71.4 Å². The molecular weight excluding hydrogens is 424 g/mol. The summed E-state index contributed by atoms with van der Waals surface area (Å²) in [5, 5.41) is 0. The van der Waals surface area contributed by atoms with Gasteiger partial charge in [0.05, 0.1) is 11.1 Å². The van der Waals surface area contributed by atoms with Gasteiger partial charge in [-0.15, -0.1) is 0 Å². The van der Waals surface area contributed by atoms with Gasteiger partial charge in [0.25, 0.3) is 11.8 Å². The van der Waals surface area contributed by atoms with Crippen molar-refractivity contribution in [3.63, 3.8) is 0 Å². The third-order valence-electron chi connectivity index (χ3n) is 6.56. The number of fused-ring (bicyclic) bond motifs is 2. The molecule has 33 heavy (non-hydrogen) atoms. The van der Waals surface area contributed by atoms with Gasteiger partial charge in [-0.1, -0.05) is 36.4 Å². The van der Waals surface area contributed by atoms with E-state index in [9.17, 15) is 19.2 Å². The molecule has 8 heteroatoms. The zero-order valence-corrected chi connectivity index (χ0v) is 18.2. The summed E-state index contributed by atoms with van der Waals surface area (Å²) in [5.74, 6) is -1.49. The van der Waals surface area contributed by atoms with Crippen molar-refractivity contribution in [1.82, 2.24) is 9.80 Å². The van der Waals surface area contributed by atoms with Gasteiger partial charge < -0.3 is 19.3 Å². The fourth-order valence-electron chi connectivity index (χ4n) is 4.81. The predicted molar refractivity (Wildman–Crippen MR) is 116 cm³/mol. The molecule has 3 aliphatic rings. The number of piperazine rings is 1. The zero-order chi connectivity index (χ0) is 23.1. The van der Waals surface area contributed by atoms with Gasteiger partial charge in [-0.2, -0.15) is 0 Å². The normalized spacial score (nSPS) is 24.3. The summed E-state index contributed by atoms with van der Waals surface area (Å²) in [5.41, 5.74) is 2.59. The number of benzene rings is 2. The van der Waals surface area contributed by atoms with Crippen molar-refractivity contribution >= 4 is 23.8 Å². The second-order valence-electron chi connectivity index (χ2n) is 8.68. The van der Waals surface area contributed by atoms with E-state index in [0.29, 0.717) is 43.6 Å². The van der Waals surface area contributed by atoms with E-state index in [4.69, 9.17) is 9.47 Å². The number of amides is 2. The number of hydrogen-bond donors (Lipinski definition) is 0.